The van der Waals surface area contributed by atoms with Crippen molar-refractivity contribution < 1.29 is 13.6 Å². The Balaban J connectivity index is 0.00000117. The topological polar surface area (TPSA) is 51.1 Å². The highest BCUT2D eigenvalue weighted by Crippen LogP contribution is 2.29. The summed E-state index contributed by atoms with van der Waals surface area (Å²) in [5.74, 6) is -1.20. The number of Topliss-reactive ketones (excluding diaryl/α,β-unsaturated/α-hetero) is 1. The summed E-state index contributed by atoms with van der Waals surface area (Å²) in [6.45, 7) is 6.56. The van der Waals surface area contributed by atoms with Gasteiger partial charge >= 0.3 is 0 Å². The lowest BCUT2D eigenvalue weighted by Crippen LogP contribution is -2.22. The lowest BCUT2D eigenvalue weighted by atomic mass is 10.0. The van der Waals surface area contributed by atoms with Crippen molar-refractivity contribution in [1.82, 2.24) is 4.57 Å². The first-order valence-corrected chi connectivity index (χ1v) is 8.96. The monoisotopic (exact) mass is 362 g/mol. The van der Waals surface area contributed by atoms with E-state index in [9.17, 15) is 18.4 Å². The molecule has 1 aliphatic carbocycles. The summed E-state index contributed by atoms with van der Waals surface area (Å²) >= 11 is 0. The predicted molar refractivity (Wildman–Crippen MR) is 99.9 cm³/mol. The minimum absolute atomic E-state index is 0.00674. The van der Waals surface area contributed by atoms with Gasteiger partial charge in [0.1, 0.15) is 17.5 Å². The van der Waals surface area contributed by atoms with E-state index in [4.69, 9.17) is 0 Å². The Labute approximate surface area is 151 Å². The van der Waals surface area contributed by atoms with Crippen LogP contribution < -0.4 is 10.9 Å². The van der Waals surface area contributed by atoms with E-state index in [1.807, 2.05) is 20.8 Å². The second kappa shape index (κ2) is 8.74. The molecule has 0 fully saturated rings. The molecule has 4 nitrogen and oxygen atoms in total. The van der Waals surface area contributed by atoms with Crippen LogP contribution in [0.15, 0.2) is 52.4 Å². The number of hydrogen-bond acceptors (Lipinski definition) is 3. The van der Waals surface area contributed by atoms with E-state index in [0.29, 0.717) is 17.9 Å². The maximum Gasteiger partial charge on any atom is 0.252 e. The molecule has 0 amide bonds. The number of nitrogens with one attached hydrogen (secondary N) is 1. The predicted octanol–water partition coefficient (Wildman–Crippen LogP) is 4.86. The van der Waals surface area contributed by atoms with Crippen LogP contribution in [0.1, 0.15) is 56.4 Å². The van der Waals surface area contributed by atoms with Crippen LogP contribution in [0.2, 0.25) is 0 Å². The van der Waals surface area contributed by atoms with E-state index < -0.39 is 11.7 Å². The summed E-state index contributed by atoms with van der Waals surface area (Å²) in [6, 6.07) is 2.84. The molecule has 1 aromatic heterocycles. The largest absolute Gasteiger partial charge is 0.369 e. The van der Waals surface area contributed by atoms with Gasteiger partial charge in [-0.25, -0.2) is 8.78 Å². The number of nitrogens with zero attached hydrogens (tertiary/aromatic N) is 1. The molecule has 0 spiro atoms. The Kier molecular flexibility index (Phi) is 6.66. The molecular weight excluding hydrogens is 338 g/mol. The standard InChI is InChI=1S/C18H18F2N2O2.C2H6/c1-2-13-10-21-18-14(6-7-17(24)22(13)18)16(23)8-11-4-3-5-12(19)9-15(11)20;1-2/h4-7,9,13,21H,2-3,8,10H2,1H3;1-2H3. The molecule has 2 aliphatic rings. The summed E-state index contributed by atoms with van der Waals surface area (Å²) in [5.41, 5.74) is 0.361. The number of aromatic nitrogens is 1. The van der Waals surface area contributed by atoms with Gasteiger partial charge in [0.15, 0.2) is 5.78 Å². The molecule has 1 atom stereocenters. The smallest absolute Gasteiger partial charge is 0.252 e. The molecule has 2 heterocycles. The van der Waals surface area contributed by atoms with Gasteiger partial charge in [-0.2, -0.15) is 0 Å². The maximum atomic E-state index is 14.0. The van der Waals surface area contributed by atoms with Crippen molar-refractivity contribution in [3.63, 3.8) is 0 Å². The molecule has 1 unspecified atom stereocenters. The quantitative estimate of drug-likeness (QED) is 0.778. The number of carbonyl (C=O) groups is 1. The number of allylic oxidation sites excluding steroid dienone is 6. The summed E-state index contributed by atoms with van der Waals surface area (Å²) in [5, 5.41) is 3.10. The van der Waals surface area contributed by atoms with E-state index >= 15 is 0 Å². The van der Waals surface area contributed by atoms with E-state index in [1.54, 1.807) is 4.57 Å². The molecule has 0 bridgehead atoms. The molecule has 1 aromatic rings. The van der Waals surface area contributed by atoms with Crippen molar-refractivity contribution in [2.24, 2.45) is 0 Å². The fraction of sp³-hybridized carbons (Fsp3) is 0.400. The van der Waals surface area contributed by atoms with Gasteiger partial charge in [0.05, 0.1) is 11.6 Å². The molecule has 0 saturated carbocycles. The highest BCUT2D eigenvalue weighted by molar-refractivity contribution is 6.02. The van der Waals surface area contributed by atoms with Gasteiger partial charge in [0, 0.05) is 25.1 Å². The van der Waals surface area contributed by atoms with Crippen LogP contribution in [-0.2, 0) is 0 Å². The number of hydrogen-bond donors (Lipinski definition) is 1. The highest BCUT2D eigenvalue weighted by Gasteiger charge is 2.26. The first kappa shape index (κ1) is 19.8. The summed E-state index contributed by atoms with van der Waals surface area (Å²) < 4.78 is 28.8. The molecule has 26 heavy (non-hydrogen) atoms. The number of carbonyl (C=O) groups excluding carboxylic acids is 1. The van der Waals surface area contributed by atoms with E-state index in [0.717, 1.165) is 12.5 Å². The van der Waals surface area contributed by atoms with Crippen LogP contribution in [0.4, 0.5) is 14.6 Å². The zero-order valence-electron chi connectivity index (χ0n) is 15.3. The highest BCUT2D eigenvalue weighted by atomic mass is 19.1. The Morgan fingerprint density at radius 1 is 1.27 bits per heavy atom. The van der Waals surface area contributed by atoms with Gasteiger partial charge in [-0.3, -0.25) is 14.2 Å². The molecule has 140 valence electrons. The minimum Gasteiger partial charge on any atom is -0.369 e. The average Bonchev–Trinajstić information content (AvgIpc) is 3.00. The average molecular weight is 362 g/mol. The zero-order valence-corrected chi connectivity index (χ0v) is 15.3. The maximum absolute atomic E-state index is 14.0. The number of halogens is 2. The number of fused-ring (bicyclic) bond motifs is 1. The van der Waals surface area contributed by atoms with Crippen molar-refractivity contribution in [1.29, 1.82) is 0 Å². The number of anilines is 1. The summed E-state index contributed by atoms with van der Waals surface area (Å²) in [4.78, 5) is 24.7. The third kappa shape index (κ3) is 4.00. The summed E-state index contributed by atoms with van der Waals surface area (Å²) in [6.07, 6.45) is 4.38. The normalized spacial score (nSPS) is 18.3. The fourth-order valence-corrected chi connectivity index (χ4v) is 3.06. The van der Waals surface area contributed by atoms with Gasteiger partial charge in [-0.05, 0) is 30.6 Å². The van der Waals surface area contributed by atoms with Crippen molar-refractivity contribution in [3.05, 3.63) is 63.5 Å². The second-order valence-electron chi connectivity index (χ2n) is 5.89. The number of ketones is 1. The SMILES string of the molecule is CC.CCC1CNc2c(C(=O)CC3=CCC=C(F)C=C3F)ccc(=O)n21. The summed E-state index contributed by atoms with van der Waals surface area (Å²) in [7, 11) is 0. The van der Waals surface area contributed by atoms with Crippen LogP contribution in [0, 0.1) is 0 Å². The van der Waals surface area contributed by atoms with E-state index in [-0.39, 0.29) is 35.8 Å². The van der Waals surface area contributed by atoms with E-state index in [1.165, 1.54) is 24.3 Å². The molecule has 1 N–H and O–H groups in total. The lowest BCUT2D eigenvalue weighted by molar-refractivity contribution is 0.0992. The molecule has 3 rings (SSSR count). The molecule has 6 heteroatoms. The van der Waals surface area contributed by atoms with Gasteiger partial charge in [0.2, 0.25) is 0 Å². The molecule has 0 aromatic carbocycles. The Morgan fingerprint density at radius 3 is 2.69 bits per heavy atom. The van der Waals surface area contributed by atoms with Crippen molar-refractivity contribution in [2.45, 2.75) is 46.1 Å². The van der Waals surface area contributed by atoms with Crippen LogP contribution >= 0.6 is 0 Å². The van der Waals surface area contributed by atoms with Crippen LogP contribution in [-0.4, -0.2) is 16.9 Å². The molecule has 0 saturated heterocycles. The molecule has 0 radical (unpaired) electrons. The minimum atomic E-state index is -0.737. The number of rotatable bonds is 4. The van der Waals surface area contributed by atoms with E-state index in [2.05, 4.69) is 5.32 Å². The van der Waals surface area contributed by atoms with Crippen LogP contribution in [0.5, 0.6) is 0 Å². The first-order valence-electron chi connectivity index (χ1n) is 8.96. The van der Waals surface area contributed by atoms with Crippen molar-refractivity contribution in [2.75, 3.05) is 11.9 Å². The Bertz CT molecular complexity index is 835. The van der Waals surface area contributed by atoms with Crippen LogP contribution in [0.25, 0.3) is 0 Å². The van der Waals surface area contributed by atoms with Gasteiger partial charge in [0.25, 0.3) is 5.56 Å². The van der Waals surface area contributed by atoms with Gasteiger partial charge in [-0.1, -0.05) is 26.8 Å². The first-order chi connectivity index (χ1) is 12.5. The molecule has 1 aliphatic heterocycles. The van der Waals surface area contributed by atoms with Crippen molar-refractivity contribution >= 4 is 11.6 Å². The zero-order chi connectivity index (χ0) is 19.3. The van der Waals surface area contributed by atoms with Gasteiger partial charge in [-0.15, -0.1) is 0 Å². The second-order valence-corrected chi connectivity index (χ2v) is 5.89. The Morgan fingerprint density at radius 2 is 2.00 bits per heavy atom. The number of pyridine rings is 1. The van der Waals surface area contributed by atoms with Crippen molar-refractivity contribution in [3.8, 4) is 0 Å². The van der Waals surface area contributed by atoms with Gasteiger partial charge < -0.3 is 5.32 Å². The Hall–Kier alpha value is -2.50. The molecular formula is C20H24F2N2O2. The lowest BCUT2D eigenvalue weighted by Gasteiger charge is -2.12. The fourth-order valence-electron chi connectivity index (χ4n) is 3.06. The third-order valence-corrected chi connectivity index (χ3v) is 4.37. The third-order valence-electron chi connectivity index (χ3n) is 4.37. The van der Waals surface area contributed by atoms with Crippen LogP contribution in [0.3, 0.4) is 0 Å².